The number of carbonyl (C=O) groups excluding carboxylic acids is 1. The fourth-order valence-corrected chi connectivity index (χ4v) is 2.53. The number of rotatable bonds is 3. The van der Waals surface area contributed by atoms with Crippen LogP contribution in [0.1, 0.15) is 22.8 Å². The van der Waals surface area contributed by atoms with Gasteiger partial charge in [-0.2, -0.15) is 5.10 Å². The molecule has 6 nitrogen and oxygen atoms in total. The van der Waals surface area contributed by atoms with Gasteiger partial charge in [0, 0.05) is 13.6 Å². The molecule has 16 heavy (non-hydrogen) atoms. The first-order chi connectivity index (χ1) is 7.65. The molecule has 7 heteroatoms. The van der Waals surface area contributed by atoms with E-state index in [1.165, 1.54) is 0 Å². The van der Waals surface area contributed by atoms with Crippen molar-refractivity contribution in [1.29, 1.82) is 0 Å². The first kappa shape index (κ1) is 11.4. The second-order valence-corrected chi connectivity index (χ2v) is 4.47. The maximum absolute atomic E-state index is 11.3. The molecule has 0 bridgehead atoms. The van der Waals surface area contributed by atoms with Gasteiger partial charge >= 0.3 is 0 Å². The second kappa shape index (κ2) is 4.42. The van der Waals surface area contributed by atoms with Crippen molar-refractivity contribution < 1.29 is 4.79 Å². The Bertz CT molecular complexity index is 410. The minimum atomic E-state index is -0.478. The summed E-state index contributed by atoms with van der Waals surface area (Å²) in [4.78, 5) is 11.3. The van der Waals surface area contributed by atoms with E-state index >= 15 is 0 Å². The topological polar surface area (TPSA) is 85.0 Å². The van der Waals surface area contributed by atoms with Gasteiger partial charge in [-0.15, -0.1) is 0 Å². The van der Waals surface area contributed by atoms with Crippen LogP contribution >= 0.6 is 15.9 Å². The van der Waals surface area contributed by atoms with E-state index in [0.717, 1.165) is 19.5 Å². The third-order valence-corrected chi connectivity index (χ3v) is 3.29. The summed E-state index contributed by atoms with van der Waals surface area (Å²) in [7, 11) is 1.76. The molecule has 1 aromatic rings. The minimum absolute atomic E-state index is 0.270. The molecule has 0 saturated carbocycles. The van der Waals surface area contributed by atoms with Crippen LogP contribution in [0, 0.1) is 0 Å². The number of nitrogens with zero attached hydrogens (tertiary/aromatic N) is 2. The number of amides is 1. The lowest BCUT2D eigenvalue weighted by Crippen LogP contribution is -2.18. The molecule has 0 spiro atoms. The second-order valence-electron chi connectivity index (χ2n) is 3.72. The number of halogens is 1. The number of nitrogens with two attached hydrogens (primary N) is 1. The third kappa shape index (κ3) is 1.80. The lowest BCUT2D eigenvalue weighted by Gasteiger charge is -2.13. The van der Waals surface area contributed by atoms with Crippen molar-refractivity contribution in [2.24, 2.45) is 5.73 Å². The highest BCUT2D eigenvalue weighted by Crippen LogP contribution is 2.28. The Labute approximate surface area is 102 Å². The van der Waals surface area contributed by atoms with E-state index in [9.17, 15) is 4.79 Å². The van der Waals surface area contributed by atoms with Crippen LogP contribution in [0.3, 0.4) is 0 Å². The molecule has 2 heterocycles. The third-order valence-electron chi connectivity index (χ3n) is 2.73. The van der Waals surface area contributed by atoms with Crippen molar-refractivity contribution in [1.82, 2.24) is 15.1 Å². The normalized spacial score (nSPS) is 20.0. The van der Waals surface area contributed by atoms with Crippen molar-refractivity contribution in [3.8, 4) is 0 Å². The summed E-state index contributed by atoms with van der Waals surface area (Å²) in [6, 6.07) is 0.270. The van der Waals surface area contributed by atoms with E-state index in [-0.39, 0.29) is 6.04 Å². The maximum Gasteiger partial charge on any atom is 0.255 e. The van der Waals surface area contributed by atoms with Crippen molar-refractivity contribution in [2.45, 2.75) is 12.5 Å². The molecular weight excluding hydrogens is 274 g/mol. The molecule has 0 unspecified atom stereocenters. The van der Waals surface area contributed by atoms with Crippen molar-refractivity contribution >= 4 is 27.7 Å². The zero-order valence-electron chi connectivity index (χ0n) is 8.96. The lowest BCUT2D eigenvalue weighted by atomic mass is 10.2. The average Bonchev–Trinajstić information content (AvgIpc) is 2.82. The van der Waals surface area contributed by atoms with Gasteiger partial charge in [-0.3, -0.25) is 4.79 Å². The van der Waals surface area contributed by atoms with Crippen LogP contribution in [0.15, 0.2) is 4.60 Å². The summed E-state index contributed by atoms with van der Waals surface area (Å²) < 4.78 is 2.32. The van der Waals surface area contributed by atoms with Crippen LogP contribution in [0.4, 0.5) is 5.82 Å². The van der Waals surface area contributed by atoms with Gasteiger partial charge in [-0.05, 0) is 28.9 Å². The number of hydrogen-bond acceptors (Lipinski definition) is 4. The molecule has 2 rings (SSSR count). The van der Waals surface area contributed by atoms with E-state index in [1.807, 2.05) is 4.68 Å². The smallest absolute Gasteiger partial charge is 0.255 e. The quantitative estimate of drug-likeness (QED) is 0.748. The van der Waals surface area contributed by atoms with Crippen molar-refractivity contribution in [3.05, 3.63) is 10.2 Å². The molecule has 0 aromatic carbocycles. The van der Waals surface area contributed by atoms with Crippen LogP contribution in [0.5, 0.6) is 0 Å². The zero-order chi connectivity index (χ0) is 11.7. The van der Waals surface area contributed by atoms with E-state index in [0.29, 0.717) is 16.0 Å². The lowest BCUT2D eigenvalue weighted by molar-refractivity contribution is 0.100. The monoisotopic (exact) mass is 287 g/mol. The van der Waals surface area contributed by atoms with Gasteiger partial charge in [-0.1, -0.05) is 0 Å². The van der Waals surface area contributed by atoms with E-state index in [1.54, 1.807) is 7.05 Å². The number of primary amides is 1. The Balaban J connectivity index is 2.45. The fraction of sp³-hybridized carbons (Fsp3) is 0.556. The summed E-state index contributed by atoms with van der Waals surface area (Å²) in [6.07, 6.45) is 1.00. The molecule has 0 aliphatic carbocycles. The first-order valence-electron chi connectivity index (χ1n) is 5.11. The molecule has 1 aliphatic rings. The predicted molar refractivity (Wildman–Crippen MR) is 64.5 cm³/mol. The molecular formula is C9H14BrN5O. The zero-order valence-corrected chi connectivity index (χ0v) is 10.5. The van der Waals surface area contributed by atoms with Gasteiger partial charge in [0.15, 0.2) is 0 Å². The number of nitrogens with one attached hydrogen (secondary N) is 2. The van der Waals surface area contributed by atoms with Gasteiger partial charge < -0.3 is 16.4 Å². The van der Waals surface area contributed by atoms with Crippen molar-refractivity contribution in [2.75, 3.05) is 25.5 Å². The average molecular weight is 288 g/mol. The molecule has 0 radical (unpaired) electrons. The van der Waals surface area contributed by atoms with Crippen LogP contribution < -0.4 is 16.4 Å². The molecule has 1 aromatic heterocycles. The number of aromatic nitrogens is 2. The molecule has 1 amide bonds. The summed E-state index contributed by atoms with van der Waals surface area (Å²) in [5.74, 6) is 0.196. The van der Waals surface area contributed by atoms with E-state index < -0.39 is 5.91 Å². The van der Waals surface area contributed by atoms with Gasteiger partial charge in [0.2, 0.25) is 0 Å². The summed E-state index contributed by atoms with van der Waals surface area (Å²) in [5, 5.41) is 10.6. The number of hydrogen-bond donors (Lipinski definition) is 3. The van der Waals surface area contributed by atoms with Gasteiger partial charge in [0.1, 0.15) is 16.0 Å². The predicted octanol–water partition coefficient (Wildman–Crippen LogP) is 0.321. The molecule has 1 aliphatic heterocycles. The fourth-order valence-electron chi connectivity index (χ4n) is 1.98. The van der Waals surface area contributed by atoms with Crippen LogP contribution in [0.25, 0.3) is 0 Å². The molecule has 4 N–H and O–H groups in total. The number of carbonyl (C=O) groups is 1. The minimum Gasteiger partial charge on any atom is -0.373 e. The summed E-state index contributed by atoms with van der Waals surface area (Å²) in [6.45, 7) is 1.83. The summed E-state index contributed by atoms with van der Waals surface area (Å²) in [5.41, 5.74) is 5.74. The highest BCUT2D eigenvalue weighted by atomic mass is 79.9. The molecule has 88 valence electrons. The molecule has 1 atom stereocenters. The van der Waals surface area contributed by atoms with E-state index in [4.69, 9.17) is 5.73 Å². The van der Waals surface area contributed by atoms with Gasteiger partial charge in [0.25, 0.3) is 5.91 Å². The Morgan fingerprint density at radius 2 is 2.50 bits per heavy atom. The largest absolute Gasteiger partial charge is 0.373 e. The van der Waals surface area contributed by atoms with Crippen LogP contribution in [-0.4, -0.2) is 35.8 Å². The Morgan fingerprint density at radius 3 is 3.00 bits per heavy atom. The molecule has 1 saturated heterocycles. The van der Waals surface area contributed by atoms with Gasteiger partial charge in [0.05, 0.1) is 6.04 Å². The Hall–Kier alpha value is -1.08. The first-order valence-corrected chi connectivity index (χ1v) is 5.90. The Kier molecular flexibility index (Phi) is 3.15. The van der Waals surface area contributed by atoms with Gasteiger partial charge in [-0.25, -0.2) is 4.68 Å². The van der Waals surface area contributed by atoms with Crippen LogP contribution in [-0.2, 0) is 0 Å². The van der Waals surface area contributed by atoms with Crippen LogP contribution in [0.2, 0.25) is 0 Å². The number of anilines is 1. The standard InChI is InChI=1S/C9H14BrN5O/c1-12-9-6(8(11)16)7(10)14-15(9)5-2-3-13-4-5/h5,12-13H,2-4H2,1H3,(H2,11,16)/t5-/m0/s1. The Morgan fingerprint density at radius 1 is 1.75 bits per heavy atom. The SMILES string of the molecule is CNc1c(C(N)=O)c(Br)nn1[C@H]1CCNC1. The van der Waals surface area contributed by atoms with E-state index in [2.05, 4.69) is 31.7 Å². The summed E-state index contributed by atoms with van der Waals surface area (Å²) >= 11 is 3.26. The molecule has 1 fully saturated rings. The highest BCUT2D eigenvalue weighted by molar-refractivity contribution is 9.10. The highest BCUT2D eigenvalue weighted by Gasteiger charge is 2.26. The maximum atomic E-state index is 11.3. The van der Waals surface area contributed by atoms with Crippen molar-refractivity contribution in [3.63, 3.8) is 0 Å².